The van der Waals surface area contributed by atoms with Crippen molar-refractivity contribution in [3.05, 3.63) is 5.01 Å². The fraction of sp³-hybridized carbons (Fsp3) is 0.636. The molecule has 0 radical (unpaired) electrons. The molecule has 19 heavy (non-hydrogen) atoms. The molecular formula is C11H16N4OS3. The summed E-state index contributed by atoms with van der Waals surface area (Å²) in [6, 6.07) is 0. The van der Waals surface area contributed by atoms with E-state index in [0.717, 1.165) is 21.7 Å². The Morgan fingerprint density at radius 2 is 2.16 bits per heavy atom. The molecule has 0 fully saturated rings. The molecule has 1 aromatic heterocycles. The van der Waals surface area contributed by atoms with E-state index in [-0.39, 0.29) is 11.2 Å². The molecule has 2 rings (SSSR count). The Bertz CT molecular complexity index is 486. The number of nitrogens with zero attached hydrogens (tertiary/aromatic N) is 3. The first-order valence-electron chi connectivity index (χ1n) is 6.04. The first-order chi connectivity index (χ1) is 9.06. The molecule has 1 unspecified atom stereocenters. The van der Waals surface area contributed by atoms with Gasteiger partial charge in [-0.25, -0.2) is 0 Å². The molecule has 8 heteroatoms. The highest BCUT2D eigenvalue weighted by molar-refractivity contribution is 8.39. The third-order valence-corrected chi connectivity index (χ3v) is 5.81. The number of hydrogen-bond acceptors (Lipinski definition) is 7. The Kier molecular flexibility index (Phi) is 5.23. The minimum atomic E-state index is -0.171. The third kappa shape index (κ3) is 4.19. The molecule has 0 aliphatic carbocycles. The first kappa shape index (κ1) is 14.8. The second-order valence-electron chi connectivity index (χ2n) is 4.35. The average Bonchev–Trinajstić information content (AvgIpc) is 2.99. The minimum Gasteiger partial charge on any atom is -0.300 e. The predicted molar refractivity (Wildman–Crippen MR) is 84.4 cm³/mol. The molecule has 0 spiro atoms. The predicted octanol–water partition coefficient (Wildman–Crippen LogP) is 2.82. The van der Waals surface area contributed by atoms with Gasteiger partial charge in [-0.15, -0.1) is 10.2 Å². The van der Waals surface area contributed by atoms with E-state index in [4.69, 9.17) is 0 Å². The summed E-state index contributed by atoms with van der Waals surface area (Å²) in [5.74, 6) is 1.30. The van der Waals surface area contributed by atoms with Crippen LogP contribution in [0.5, 0.6) is 0 Å². The Balaban J connectivity index is 1.88. The van der Waals surface area contributed by atoms with Crippen LogP contribution in [-0.2, 0) is 4.79 Å². The summed E-state index contributed by atoms with van der Waals surface area (Å²) < 4.78 is 1.00. The zero-order chi connectivity index (χ0) is 13.8. The lowest BCUT2D eigenvalue weighted by atomic mass is 10.2. The summed E-state index contributed by atoms with van der Waals surface area (Å²) in [6.45, 7) is 6.85. The van der Waals surface area contributed by atoms with E-state index in [2.05, 4.69) is 34.4 Å². The minimum absolute atomic E-state index is 0.0494. The molecule has 104 valence electrons. The van der Waals surface area contributed by atoms with Crippen LogP contribution in [-0.4, -0.2) is 38.0 Å². The van der Waals surface area contributed by atoms with Crippen LogP contribution < -0.4 is 5.32 Å². The van der Waals surface area contributed by atoms with Crippen molar-refractivity contribution < 1.29 is 4.79 Å². The van der Waals surface area contributed by atoms with Gasteiger partial charge < -0.3 is 0 Å². The van der Waals surface area contributed by atoms with Gasteiger partial charge in [-0.2, -0.15) is 0 Å². The van der Waals surface area contributed by atoms with Crippen molar-refractivity contribution >= 4 is 50.3 Å². The van der Waals surface area contributed by atoms with Crippen LogP contribution in [0.25, 0.3) is 0 Å². The summed E-state index contributed by atoms with van der Waals surface area (Å²) in [6.07, 6.45) is 0. The van der Waals surface area contributed by atoms with Gasteiger partial charge in [0.25, 0.3) is 0 Å². The van der Waals surface area contributed by atoms with E-state index in [0.29, 0.717) is 11.0 Å². The summed E-state index contributed by atoms with van der Waals surface area (Å²) >= 11 is 4.65. The van der Waals surface area contributed by atoms with Crippen LogP contribution in [0, 0.1) is 0 Å². The molecule has 0 saturated heterocycles. The van der Waals surface area contributed by atoms with Gasteiger partial charge in [0, 0.05) is 11.7 Å². The van der Waals surface area contributed by atoms with Crippen LogP contribution in [0.15, 0.2) is 4.99 Å². The maximum absolute atomic E-state index is 12.0. The van der Waals surface area contributed by atoms with Crippen molar-refractivity contribution in [3.8, 4) is 0 Å². The number of carbonyl (C=O) groups excluding carboxylic acids is 1. The van der Waals surface area contributed by atoms with Crippen molar-refractivity contribution in [1.82, 2.24) is 10.2 Å². The molecule has 1 N–H and O–H groups in total. The third-order valence-electron chi connectivity index (χ3n) is 2.37. The molecule has 0 bridgehead atoms. The summed E-state index contributed by atoms with van der Waals surface area (Å²) in [7, 11) is 0. The quantitative estimate of drug-likeness (QED) is 0.925. The zero-order valence-corrected chi connectivity index (χ0v) is 13.5. The molecule has 1 aliphatic rings. The fourth-order valence-electron chi connectivity index (χ4n) is 1.32. The Morgan fingerprint density at radius 3 is 2.74 bits per heavy atom. The van der Waals surface area contributed by atoms with Crippen molar-refractivity contribution in [2.75, 3.05) is 17.6 Å². The lowest BCUT2D eigenvalue weighted by Gasteiger charge is -2.09. The topological polar surface area (TPSA) is 67.2 Å². The number of anilines is 1. The standard InChI is InChI=1S/C11H16N4OS3/c1-6(2)9-14-15-10(19-9)13-8(16)7(3)18-11-12-4-5-17-11/h6-7H,4-5H2,1-3H3,(H,13,15,16). The highest BCUT2D eigenvalue weighted by Crippen LogP contribution is 2.27. The van der Waals surface area contributed by atoms with Gasteiger partial charge in [-0.1, -0.05) is 48.7 Å². The maximum atomic E-state index is 12.0. The largest absolute Gasteiger partial charge is 0.300 e. The second kappa shape index (κ2) is 6.71. The summed E-state index contributed by atoms with van der Waals surface area (Å²) in [5.41, 5.74) is 0. The van der Waals surface area contributed by atoms with E-state index < -0.39 is 0 Å². The number of amides is 1. The van der Waals surface area contributed by atoms with Gasteiger partial charge in [-0.05, 0) is 6.92 Å². The van der Waals surface area contributed by atoms with Gasteiger partial charge in [0.15, 0.2) is 0 Å². The van der Waals surface area contributed by atoms with Crippen molar-refractivity contribution in [2.24, 2.45) is 4.99 Å². The van der Waals surface area contributed by atoms with E-state index in [1.165, 1.54) is 23.1 Å². The molecule has 2 heterocycles. The number of thioether (sulfide) groups is 2. The molecule has 1 atom stereocenters. The molecule has 0 saturated carbocycles. The van der Waals surface area contributed by atoms with Crippen LogP contribution in [0.1, 0.15) is 31.7 Å². The van der Waals surface area contributed by atoms with E-state index in [9.17, 15) is 4.79 Å². The number of rotatable bonds is 4. The van der Waals surface area contributed by atoms with Gasteiger partial charge in [0.2, 0.25) is 11.0 Å². The highest BCUT2D eigenvalue weighted by Gasteiger charge is 2.20. The van der Waals surface area contributed by atoms with Gasteiger partial charge >= 0.3 is 0 Å². The molecule has 1 aromatic rings. The van der Waals surface area contributed by atoms with E-state index in [1.807, 2.05) is 6.92 Å². The molecule has 1 amide bonds. The Morgan fingerprint density at radius 1 is 1.37 bits per heavy atom. The van der Waals surface area contributed by atoms with Crippen LogP contribution in [0.3, 0.4) is 0 Å². The number of nitrogens with one attached hydrogen (secondary N) is 1. The SMILES string of the molecule is CC(SC1=NCCS1)C(=O)Nc1nnc(C(C)C)s1. The maximum Gasteiger partial charge on any atom is 0.239 e. The normalized spacial score (nSPS) is 16.5. The van der Waals surface area contributed by atoms with Gasteiger partial charge in [0.1, 0.15) is 9.38 Å². The Labute approximate surface area is 125 Å². The van der Waals surface area contributed by atoms with Crippen molar-refractivity contribution in [1.29, 1.82) is 0 Å². The molecule has 5 nitrogen and oxygen atoms in total. The fourth-order valence-corrected chi connectivity index (χ4v) is 4.19. The number of carbonyl (C=O) groups is 1. The lowest BCUT2D eigenvalue weighted by Crippen LogP contribution is -2.23. The summed E-state index contributed by atoms with van der Waals surface area (Å²) in [4.78, 5) is 16.4. The summed E-state index contributed by atoms with van der Waals surface area (Å²) in [5, 5.41) is 12.2. The van der Waals surface area contributed by atoms with Gasteiger partial charge in [0.05, 0.1) is 11.8 Å². The molecule has 1 aliphatic heterocycles. The Hall–Kier alpha value is -0.600. The first-order valence-corrected chi connectivity index (χ1v) is 8.72. The molecular weight excluding hydrogens is 300 g/mol. The van der Waals surface area contributed by atoms with E-state index in [1.54, 1.807) is 11.8 Å². The van der Waals surface area contributed by atoms with Gasteiger partial charge in [-0.3, -0.25) is 15.1 Å². The second-order valence-corrected chi connectivity index (χ2v) is 8.03. The molecule has 0 aromatic carbocycles. The van der Waals surface area contributed by atoms with E-state index >= 15 is 0 Å². The lowest BCUT2D eigenvalue weighted by molar-refractivity contribution is -0.115. The highest BCUT2D eigenvalue weighted by atomic mass is 32.2. The smallest absolute Gasteiger partial charge is 0.239 e. The number of hydrogen-bond donors (Lipinski definition) is 1. The zero-order valence-electron chi connectivity index (χ0n) is 11.0. The average molecular weight is 316 g/mol. The van der Waals surface area contributed by atoms with Crippen LogP contribution in [0.2, 0.25) is 0 Å². The van der Waals surface area contributed by atoms with Crippen molar-refractivity contribution in [3.63, 3.8) is 0 Å². The number of aromatic nitrogens is 2. The van der Waals surface area contributed by atoms with Crippen LogP contribution in [0.4, 0.5) is 5.13 Å². The monoisotopic (exact) mass is 316 g/mol. The number of aliphatic imine (C=N–C) groups is 1. The van der Waals surface area contributed by atoms with Crippen molar-refractivity contribution in [2.45, 2.75) is 31.9 Å². The van der Waals surface area contributed by atoms with Crippen LogP contribution >= 0.6 is 34.9 Å².